The van der Waals surface area contributed by atoms with E-state index in [9.17, 15) is 10.1 Å². The van der Waals surface area contributed by atoms with E-state index < -0.39 is 0 Å². The van der Waals surface area contributed by atoms with E-state index in [-0.39, 0.29) is 29.9 Å². The molecule has 0 unspecified atom stereocenters. The second-order valence-corrected chi connectivity index (χ2v) is 9.82. The van der Waals surface area contributed by atoms with Gasteiger partial charge in [-0.15, -0.1) is 0 Å². The SMILES string of the molecule is C[N+](C)(C)c1ccc(CNC(=O)c2cc3c(Br)cccc3n2Cc2cccc(C#N)c2)cc1.[I-]. The van der Waals surface area contributed by atoms with Gasteiger partial charge in [0.1, 0.15) is 11.4 Å². The predicted molar refractivity (Wildman–Crippen MR) is 137 cm³/mol. The van der Waals surface area contributed by atoms with Gasteiger partial charge >= 0.3 is 0 Å². The van der Waals surface area contributed by atoms with Crippen LogP contribution in [0.4, 0.5) is 5.69 Å². The minimum atomic E-state index is -0.134. The first-order chi connectivity index (χ1) is 15.8. The van der Waals surface area contributed by atoms with Gasteiger partial charge in [0.15, 0.2) is 0 Å². The van der Waals surface area contributed by atoms with Crippen molar-refractivity contribution in [1.29, 1.82) is 5.26 Å². The summed E-state index contributed by atoms with van der Waals surface area (Å²) in [6, 6.07) is 25.8. The largest absolute Gasteiger partial charge is 1.00 e. The Kier molecular flexibility index (Phi) is 8.18. The number of carbonyl (C=O) groups excluding carboxylic acids is 1. The van der Waals surface area contributed by atoms with Gasteiger partial charge in [-0.05, 0) is 53.6 Å². The Morgan fingerprint density at radius 3 is 2.38 bits per heavy atom. The third-order valence-corrected chi connectivity index (χ3v) is 6.38. The molecule has 4 aromatic rings. The summed E-state index contributed by atoms with van der Waals surface area (Å²) in [5, 5.41) is 13.3. The Balaban J connectivity index is 0.00000324. The Morgan fingerprint density at radius 2 is 1.71 bits per heavy atom. The lowest BCUT2D eigenvalue weighted by Crippen LogP contribution is -3.00. The quantitative estimate of drug-likeness (QED) is 0.264. The molecule has 34 heavy (non-hydrogen) atoms. The number of carbonyl (C=O) groups is 1. The van der Waals surface area contributed by atoms with Gasteiger partial charge in [0.25, 0.3) is 5.91 Å². The minimum Gasteiger partial charge on any atom is -1.00 e. The molecule has 5 nitrogen and oxygen atoms in total. The summed E-state index contributed by atoms with van der Waals surface area (Å²) < 4.78 is 3.69. The maximum absolute atomic E-state index is 13.3. The average molecular weight is 629 g/mol. The van der Waals surface area contributed by atoms with Crippen LogP contribution in [0.5, 0.6) is 0 Å². The number of fused-ring (bicyclic) bond motifs is 1. The zero-order valence-corrected chi connectivity index (χ0v) is 23.1. The Morgan fingerprint density at radius 1 is 1.00 bits per heavy atom. The van der Waals surface area contributed by atoms with E-state index >= 15 is 0 Å². The number of nitrogens with zero attached hydrogens (tertiary/aromatic N) is 3. The number of halogens is 2. The number of aromatic nitrogens is 1. The standard InChI is InChI=1S/C27H25BrN4O.HI/c1-32(2,3)22-12-10-19(11-13-22)17-30-27(33)26-15-23-24(28)8-5-9-25(23)31(26)18-21-7-4-6-20(14-21)16-29;/h4-15H,17-18H2,1-3H3;1H. The van der Waals surface area contributed by atoms with Crippen molar-refractivity contribution in [1.82, 2.24) is 14.4 Å². The molecule has 0 aliphatic carbocycles. The van der Waals surface area contributed by atoms with E-state index in [2.05, 4.69) is 72.7 Å². The zero-order valence-electron chi connectivity index (χ0n) is 19.3. The molecule has 0 saturated carbocycles. The van der Waals surface area contributed by atoms with E-state index in [1.165, 1.54) is 5.69 Å². The Bertz CT molecular complexity index is 1360. The van der Waals surface area contributed by atoms with Crippen molar-refractivity contribution in [2.24, 2.45) is 0 Å². The fourth-order valence-electron chi connectivity index (χ4n) is 3.86. The highest BCUT2D eigenvalue weighted by molar-refractivity contribution is 9.10. The maximum Gasteiger partial charge on any atom is 0.268 e. The molecule has 0 aliphatic heterocycles. The van der Waals surface area contributed by atoms with Crippen LogP contribution in [-0.4, -0.2) is 31.6 Å². The summed E-state index contributed by atoms with van der Waals surface area (Å²) in [5.41, 5.74) is 5.37. The van der Waals surface area contributed by atoms with Crippen molar-refractivity contribution in [3.05, 3.63) is 99.7 Å². The van der Waals surface area contributed by atoms with Gasteiger partial charge in [-0.25, -0.2) is 0 Å². The number of nitriles is 1. The van der Waals surface area contributed by atoms with E-state index in [1.54, 1.807) is 6.07 Å². The third kappa shape index (κ3) is 5.69. The van der Waals surface area contributed by atoms with Gasteiger partial charge in [0.05, 0.1) is 38.3 Å². The van der Waals surface area contributed by atoms with Gasteiger partial charge in [0, 0.05) is 22.9 Å². The number of nitrogens with one attached hydrogen (secondary N) is 1. The first-order valence-corrected chi connectivity index (χ1v) is 11.5. The Labute approximate surface area is 225 Å². The summed E-state index contributed by atoms with van der Waals surface area (Å²) in [7, 11) is 6.38. The molecule has 0 bridgehead atoms. The van der Waals surface area contributed by atoms with Crippen LogP contribution in [0.1, 0.15) is 27.2 Å². The van der Waals surface area contributed by atoms with E-state index in [1.807, 2.05) is 47.0 Å². The molecule has 1 heterocycles. The van der Waals surface area contributed by atoms with Crippen LogP contribution >= 0.6 is 15.9 Å². The predicted octanol–water partition coefficient (Wildman–Crippen LogP) is 2.45. The molecule has 0 fully saturated rings. The molecule has 4 rings (SSSR count). The molecule has 1 N–H and O–H groups in total. The topological polar surface area (TPSA) is 57.8 Å². The summed E-state index contributed by atoms with van der Waals surface area (Å²) in [4.78, 5) is 13.3. The highest BCUT2D eigenvalue weighted by Gasteiger charge is 2.18. The van der Waals surface area contributed by atoms with Gasteiger partial charge in [-0.1, -0.05) is 46.3 Å². The Hall–Kier alpha value is -2.67. The molecule has 174 valence electrons. The van der Waals surface area contributed by atoms with Crippen molar-refractivity contribution in [2.45, 2.75) is 13.1 Å². The minimum absolute atomic E-state index is 0. The molecule has 1 aromatic heterocycles. The molecule has 7 heteroatoms. The lowest BCUT2D eigenvalue weighted by molar-refractivity contribution is -0.0000152. The van der Waals surface area contributed by atoms with E-state index in [4.69, 9.17) is 0 Å². The number of rotatable bonds is 6. The van der Waals surface area contributed by atoms with Crippen molar-refractivity contribution >= 4 is 38.4 Å². The summed E-state index contributed by atoms with van der Waals surface area (Å²) in [5.74, 6) is -0.134. The number of benzene rings is 3. The molecule has 0 radical (unpaired) electrons. The van der Waals surface area contributed by atoms with Crippen LogP contribution in [0.25, 0.3) is 10.9 Å². The van der Waals surface area contributed by atoms with Crippen LogP contribution in [-0.2, 0) is 13.1 Å². The van der Waals surface area contributed by atoms with Gasteiger partial charge in [-0.3, -0.25) is 9.28 Å². The van der Waals surface area contributed by atoms with Crippen LogP contribution in [0, 0.1) is 11.3 Å². The fourth-order valence-corrected chi connectivity index (χ4v) is 4.33. The third-order valence-electron chi connectivity index (χ3n) is 5.69. The molecule has 3 aromatic carbocycles. The molecule has 0 saturated heterocycles. The first-order valence-electron chi connectivity index (χ1n) is 10.7. The second-order valence-electron chi connectivity index (χ2n) is 8.96. The number of amides is 1. The number of hydrogen-bond donors (Lipinski definition) is 1. The van der Waals surface area contributed by atoms with Crippen molar-refractivity contribution in [3.8, 4) is 6.07 Å². The molecule has 0 atom stereocenters. The van der Waals surface area contributed by atoms with Crippen molar-refractivity contribution in [3.63, 3.8) is 0 Å². The molecule has 1 amide bonds. The van der Waals surface area contributed by atoms with Gasteiger partial charge in [-0.2, -0.15) is 5.26 Å². The van der Waals surface area contributed by atoms with Crippen molar-refractivity contribution < 1.29 is 28.8 Å². The summed E-state index contributed by atoms with van der Waals surface area (Å²) in [6.07, 6.45) is 0. The molecule has 0 aliphatic rings. The summed E-state index contributed by atoms with van der Waals surface area (Å²) in [6.45, 7) is 0.944. The average Bonchev–Trinajstić information content (AvgIpc) is 3.17. The molecule has 0 spiro atoms. The number of quaternary nitrogens is 1. The monoisotopic (exact) mass is 628 g/mol. The molecular formula is C27H26BrIN4O. The lowest BCUT2D eigenvalue weighted by Gasteiger charge is -2.23. The normalized spacial score (nSPS) is 11.0. The smallest absolute Gasteiger partial charge is 0.268 e. The van der Waals surface area contributed by atoms with Crippen LogP contribution in [0.2, 0.25) is 0 Å². The van der Waals surface area contributed by atoms with Gasteiger partial charge in [0.2, 0.25) is 0 Å². The van der Waals surface area contributed by atoms with Gasteiger partial charge < -0.3 is 33.9 Å². The second kappa shape index (κ2) is 10.7. The lowest BCUT2D eigenvalue weighted by atomic mass is 10.1. The van der Waals surface area contributed by atoms with E-state index in [0.717, 1.165) is 31.0 Å². The zero-order chi connectivity index (χ0) is 23.6. The number of hydrogen-bond acceptors (Lipinski definition) is 2. The van der Waals surface area contributed by atoms with Crippen LogP contribution in [0.15, 0.2) is 77.3 Å². The fraction of sp³-hybridized carbons (Fsp3) is 0.185. The highest BCUT2D eigenvalue weighted by atomic mass is 127. The highest BCUT2D eigenvalue weighted by Crippen LogP contribution is 2.28. The molecular weight excluding hydrogens is 603 g/mol. The first kappa shape index (κ1) is 25.9. The maximum atomic E-state index is 13.3. The van der Waals surface area contributed by atoms with Crippen LogP contribution in [0.3, 0.4) is 0 Å². The van der Waals surface area contributed by atoms with Crippen LogP contribution < -0.4 is 33.8 Å². The van der Waals surface area contributed by atoms with E-state index in [0.29, 0.717) is 24.3 Å². The van der Waals surface area contributed by atoms with Crippen molar-refractivity contribution in [2.75, 3.05) is 21.1 Å². The summed E-state index contributed by atoms with van der Waals surface area (Å²) >= 11 is 3.61.